The molecule has 1 unspecified atom stereocenters. The summed E-state index contributed by atoms with van der Waals surface area (Å²) in [5.41, 5.74) is 7.40. The number of halogens is 2. The molecular weight excluding hydrogens is 541 g/mol. The number of benzene rings is 2. The summed E-state index contributed by atoms with van der Waals surface area (Å²) >= 11 is 6.13. The molecule has 0 aliphatic carbocycles. The van der Waals surface area contributed by atoms with Gasteiger partial charge in [0.1, 0.15) is 5.75 Å². The molecule has 1 heterocycles. The number of guanidine groups is 1. The maximum atomic E-state index is 10.8. The Kier molecular flexibility index (Phi) is 10.9. The third kappa shape index (κ3) is 8.38. The van der Waals surface area contributed by atoms with Crippen molar-refractivity contribution in [1.29, 1.82) is 0 Å². The Morgan fingerprint density at radius 3 is 2.75 bits per heavy atom. The van der Waals surface area contributed by atoms with Crippen LogP contribution in [0.25, 0.3) is 0 Å². The average Bonchev–Trinajstić information content (AvgIpc) is 3.22. The second-order valence-corrected chi connectivity index (χ2v) is 7.90. The lowest BCUT2D eigenvalue weighted by molar-refractivity contribution is -0.119. The van der Waals surface area contributed by atoms with Gasteiger partial charge in [0.25, 0.3) is 5.91 Å². The zero-order valence-corrected chi connectivity index (χ0v) is 21.3. The van der Waals surface area contributed by atoms with Crippen LogP contribution in [-0.4, -0.2) is 50.7 Å². The topological polar surface area (TPSA) is 92.0 Å². The molecule has 1 amide bonds. The Labute approximate surface area is 211 Å². The monoisotopic (exact) mass is 571 g/mol. The second-order valence-electron chi connectivity index (χ2n) is 7.47. The number of aliphatic imine (C=N–C) groups is 1. The van der Waals surface area contributed by atoms with Gasteiger partial charge in [-0.3, -0.25) is 9.79 Å². The second kappa shape index (κ2) is 13.4. The van der Waals surface area contributed by atoms with Crippen LogP contribution in [0.15, 0.2) is 53.5 Å². The van der Waals surface area contributed by atoms with Crippen LogP contribution in [0.1, 0.15) is 18.9 Å². The van der Waals surface area contributed by atoms with E-state index >= 15 is 0 Å². The van der Waals surface area contributed by atoms with Gasteiger partial charge in [0.15, 0.2) is 12.6 Å². The lowest BCUT2D eigenvalue weighted by Gasteiger charge is -2.20. The van der Waals surface area contributed by atoms with Gasteiger partial charge in [0.05, 0.1) is 0 Å². The number of ether oxygens (including phenoxy) is 1. The van der Waals surface area contributed by atoms with Crippen molar-refractivity contribution >= 4 is 53.1 Å². The number of carbonyl (C=O) groups excluding carboxylic acids is 1. The largest absolute Gasteiger partial charge is 0.484 e. The number of amides is 1. The maximum Gasteiger partial charge on any atom is 0.255 e. The summed E-state index contributed by atoms with van der Waals surface area (Å²) in [7, 11) is 0. The third-order valence-corrected chi connectivity index (χ3v) is 5.26. The standard InChI is InChI=1S/C23H30ClN5O2.HI/c1-2-26-23(27-12-10-17-6-8-21(9-7-17)31-16-22(25)30)28-19-11-13-29(15-19)20-5-3-4-18(24)14-20;/h3-9,14,19H,2,10-13,15-16H2,1H3,(H2,25,30)(H2,26,27,28);1H. The first-order valence-electron chi connectivity index (χ1n) is 10.6. The van der Waals surface area contributed by atoms with E-state index in [1.165, 1.54) is 0 Å². The van der Waals surface area contributed by atoms with Gasteiger partial charge in [-0.25, -0.2) is 0 Å². The molecule has 0 saturated carbocycles. The molecule has 4 N–H and O–H groups in total. The summed E-state index contributed by atoms with van der Waals surface area (Å²) < 4.78 is 5.29. The van der Waals surface area contributed by atoms with Crippen LogP contribution in [0.4, 0.5) is 5.69 Å². The summed E-state index contributed by atoms with van der Waals surface area (Å²) in [5, 5.41) is 7.65. The van der Waals surface area contributed by atoms with E-state index < -0.39 is 5.91 Å². The minimum Gasteiger partial charge on any atom is -0.484 e. The van der Waals surface area contributed by atoms with Crippen LogP contribution in [0.5, 0.6) is 5.75 Å². The first-order chi connectivity index (χ1) is 15.0. The van der Waals surface area contributed by atoms with Crippen molar-refractivity contribution in [3.8, 4) is 5.75 Å². The van der Waals surface area contributed by atoms with Crippen molar-refractivity contribution < 1.29 is 9.53 Å². The molecule has 0 bridgehead atoms. The van der Waals surface area contributed by atoms with Gasteiger partial charge in [-0.2, -0.15) is 0 Å². The molecule has 1 aliphatic heterocycles. The zero-order chi connectivity index (χ0) is 22.1. The molecule has 9 heteroatoms. The highest BCUT2D eigenvalue weighted by Crippen LogP contribution is 2.23. The predicted octanol–water partition coefficient (Wildman–Crippen LogP) is 3.20. The molecule has 0 radical (unpaired) electrons. The van der Waals surface area contributed by atoms with Crippen LogP contribution < -0.4 is 26.0 Å². The van der Waals surface area contributed by atoms with Crippen molar-refractivity contribution in [2.24, 2.45) is 10.7 Å². The number of nitrogens with two attached hydrogens (primary N) is 1. The number of primary amides is 1. The van der Waals surface area contributed by atoms with E-state index in [2.05, 4.69) is 28.5 Å². The molecule has 0 spiro atoms. The summed E-state index contributed by atoms with van der Waals surface area (Å²) in [6.07, 6.45) is 1.86. The number of carbonyl (C=O) groups is 1. The molecule has 1 saturated heterocycles. The predicted molar refractivity (Wildman–Crippen MR) is 141 cm³/mol. The molecule has 32 heavy (non-hydrogen) atoms. The minimum atomic E-state index is -0.486. The third-order valence-electron chi connectivity index (χ3n) is 5.02. The fourth-order valence-corrected chi connectivity index (χ4v) is 3.69. The fourth-order valence-electron chi connectivity index (χ4n) is 3.50. The SMILES string of the molecule is CCNC(=NCCc1ccc(OCC(N)=O)cc1)NC1CCN(c2cccc(Cl)c2)C1.I. The van der Waals surface area contributed by atoms with Crippen LogP contribution in [-0.2, 0) is 11.2 Å². The van der Waals surface area contributed by atoms with E-state index in [1.807, 2.05) is 42.5 Å². The Morgan fingerprint density at radius 1 is 1.28 bits per heavy atom. The lowest BCUT2D eigenvalue weighted by Crippen LogP contribution is -2.44. The zero-order valence-electron chi connectivity index (χ0n) is 18.2. The summed E-state index contributed by atoms with van der Waals surface area (Å²) in [5.74, 6) is 0.980. The Bertz CT molecular complexity index is 894. The summed E-state index contributed by atoms with van der Waals surface area (Å²) in [4.78, 5) is 17.9. The molecule has 2 aromatic rings. The number of rotatable bonds is 9. The quantitative estimate of drug-likeness (QED) is 0.244. The number of anilines is 1. The van der Waals surface area contributed by atoms with Gasteiger partial charge in [-0.15, -0.1) is 24.0 Å². The van der Waals surface area contributed by atoms with E-state index in [1.54, 1.807) is 0 Å². The van der Waals surface area contributed by atoms with Gasteiger partial charge in [0.2, 0.25) is 0 Å². The molecule has 174 valence electrons. The van der Waals surface area contributed by atoms with E-state index in [-0.39, 0.29) is 30.6 Å². The molecular formula is C23H31ClIN5O2. The Morgan fingerprint density at radius 2 is 2.06 bits per heavy atom. The van der Waals surface area contributed by atoms with Crippen molar-refractivity contribution in [1.82, 2.24) is 10.6 Å². The van der Waals surface area contributed by atoms with Crippen LogP contribution in [0, 0.1) is 0 Å². The number of hydrogen-bond donors (Lipinski definition) is 3. The number of hydrogen-bond acceptors (Lipinski definition) is 4. The highest BCUT2D eigenvalue weighted by Gasteiger charge is 2.23. The Balaban J connectivity index is 0.00000363. The van der Waals surface area contributed by atoms with E-state index in [4.69, 9.17) is 27.1 Å². The van der Waals surface area contributed by atoms with Crippen LogP contribution in [0.2, 0.25) is 5.02 Å². The normalized spacial score (nSPS) is 15.8. The smallest absolute Gasteiger partial charge is 0.255 e. The molecule has 3 rings (SSSR count). The van der Waals surface area contributed by atoms with Gasteiger partial charge < -0.3 is 26.0 Å². The Hall–Kier alpha value is -2.20. The van der Waals surface area contributed by atoms with Gasteiger partial charge in [0, 0.05) is 42.9 Å². The van der Waals surface area contributed by atoms with E-state index in [0.717, 1.165) is 54.7 Å². The lowest BCUT2D eigenvalue weighted by atomic mass is 10.1. The fraction of sp³-hybridized carbons (Fsp3) is 0.391. The van der Waals surface area contributed by atoms with Crippen LogP contribution in [0.3, 0.4) is 0 Å². The van der Waals surface area contributed by atoms with E-state index in [0.29, 0.717) is 18.3 Å². The van der Waals surface area contributed by atoms with Gasteiger partial charge in [-0.05, 0) is 55.7 Å². The molecule has 0 aromatic heterocycles. The van der Waals surface area contributed by atoms with Crippen molar-refractivity contribution in [2.45, 2.75) is 25.8 Å². The average molecular weight is 572 g/mol. The highest BCUT2D eigenvalue weighted by molar-refractivity contribution is 14.0. The molecule has 7 nitrogen and oxygen atoms in total. The summed E-state index contributed by atoms with van der Waals surface area (Å²) in [6.45, 7) is 5.33. The molecule has 1 aliphatic rings. The maximum absolute atomic E-state index is 10.8. The van der Waals surface area contributed by atoms with Crippen molar-refractivity contribution in [3.63, 3.8) is 0 Å². The van der Waals surface area contributed by atoms with Gasteiger partial charge in [-0.1, -0.05) is 29.8 Å². The van der Waals surface area contributed by atoms with Crippen molar-refractivity contribution in [2.75, 3.05) is 37.7 Å². The molecule has 1 atom stereocenters. The van der Waals surface area contributed by atoms with Crippen molar-refractivity contribution in [3.05, 3.63) is 59.1 Å². The van der Waals surface area contributed by atoms with E-state index in [9.17, 15) is 4.79 Å². The minimum absolute atomic E-state index is 0. The number of nitrogens with zero attached hydrogens (tertiary/aromatic N) is 2. The van der Waals surface area contributed by atoms with Crippen LogP contribution >= 0.6 is 35.6 Å². The summed E-state index contributed by atoms with van der Waals surface area (Å²) in [6, 6.07) is 16.0. The molecule has 1 fully saturated rings. The first kappa shape index (κ1) is 26.1. The first-order valence-corrected chi connectivity index (χ1v) is 11.0. The molecule has 2 aromatic carbocycles. The van der Waals surface area contributed by atoms with Gasteiger partial charge >= 0.3 is 0 Å². The number of nitrogens with one attached hydrogen (secondary N) is 2. The highest BCUT2D eigenvalue weighted by atomic mass is 127.